The highest BCUT2D eigenvalue weighted by Crippen LogP contribution is 2.48. The van der Waals surface area contributed by atoms with Crippen LogP contribution in [0, 0.1) is 12.8 Å². The molecule has 0 saturated heterocycles. The van der Waals surface area contributed by atoms with Crippen LogP contribution in [0.4, 0.5) is 0 Å². The molecule has 2 N–H and O–H groups in total. The van der Waals surface area contributed by atoms with Gasteiger partial charge in [-0.05, 0) is 67.8 Å². The van der Waals surface area contributed by atoms with Gasteiger partial charge in [-0.1, -0.05) is 11.6 Å². The van der Waals surface area contributed by atoms with Crippen molar-refractivity contribution < 1.29 is 4.74 Å². The lowest BCUT2D eigenvalue weighted by Gasteiger charge is -2.20. The minimum Gasteiger partial charge on any atom is -0.496 e. The first kappa shape index (κ1) is 12.7. The van der Waals surface area contributed by atoms with Gasteiger partial charge < -0.3 is 10.5 Å². The van der Waals surface area contributed by atoms with E-state index < -0.39 is 0 Å². The van der Waals surface area contributed by atoms with Crippen LogP contribution in [-0.4, -0.2) is 13.7 Å². The average Bonchev–Trinajstić information content (AvgIpc) is 3.08. The fraction of sp³-hybridized carbons (Fsp3) is 0.571. The second kappa shape index (κ2) is 5.28. The number of hydrogen-bond acceptors (Lipinski definition) is 2. The predicted octanol–water partition coefficient (Wildman–Crippen LogP) is 3.50. The van der Waals surface area contributed by atoms with Gasteiger partial charge in [-0.25, -0.2) is 0 Å². The van der Waals surface area contributed by atoms with Crippen molar-refractivity contribution in [2.24, 2.45) is 11.7 Å². The summed E-state index contributed by atoms with van der Waals surface area (Å²) in [5, 5.41) is 0.793. The Hall–Kier alpha value is -0.730. The molecule has 0 heterocycles. The molecular formula is C14H20ClNO. The fourth-order valence-electron chi connectivity index (χ4n) is 2.63. The molecule has 1 aromatic rings. The molecule has 94 valence electrons. The number of nitrogens with two attached hydrogens (primary N) is 1. The maximum Gasteiger partial charge on any atom is 0.125 e. The molecular weight excluding hydrogens is 234 g/mol. The molecule has 1 aliphatic rings. The van der Waals surface area contributed by atoms with E-state index in [1.807, 2.05) is 19.1 Å². The van der Waals surface area contributed by atoms with Crippen molar-refractivity contribution in [1.82, 2.24) is 0 Å². The summed E-state index contributed by atoms with van der Waals surface area (Å²) in [6.07, 6.45) is 3.62. The van der Waals surface area contributed by atoms with Crippen molar-refractivity contribution in [3.8, 4) is 5.75 Å². The summed E-state index contributed by atoms with van der Waals surface area (Å²) >= 11 is 6.16. The van der Waals surface area contributed by atoms with Crippen LogP contribution in [0.2, 0.25) is 5.02 Å². The highest BCUT2D eigenvalue weighted by atomic mass is 35.5. The minimum atomic E-state index is 0.507. The molecule has 0 aromatic heterocycles. The molecule has 1 aliphatic carbocycles. The fourth-order valence-corrected chi connectivity index (χ4v) is 2.91. The Bertz CT molecular complexity index is 401. The molecule has 3 heteroatoms. The lowest BCUT2D eigenvalue weighted by atomic mass is 9.89. The van der Waals surface area contributed by atoms with Gasteiger partial charge in [0.05, 0.1) is 7.11 Å². The Kier molecular flexibility index (Phi) is 3.95. The normalized spacial score (nSPS) is 16.9. The van der Waals surface area contributed by atoms with Gasteiger partial charge in [-0.3, -0.25) is 0 Å². The van der Waals surface area contributed by atoms with Crippen molar-refractivity contribution in [3.05, 3.63) is 28.3 Å². The number of halogens is 1. The molecule has 2 nitrogen and oxygen atoms in total. The Morgan fingerprint density at radius 3 is 2.71 bits per heavy atom. The van der Waals surface area contributed by atoms with Crippen molar-refractivity contribution in [2.45, 2.75) is 32.1 Å². The molecule has 1 atom stereocenters. The van der Waals surface area contributed by atoms with E-state index >= 15 is 0 Å². The number of hydrogen-bond donors (Lipinski definition) is 1. The molecule has 0 bridgehead atoms. The van der Waals surface area contributed by atoms with Crippen LogP contribution >= 0.6 is 11.6 Å². The zero-order valence-electron chi connectivity index (χ0n) is 10.5. The summed E-state index contributed by atoms with van der Waals surface area (Å²) in [6.45, 7) is 2.76. The summed E-state index contributed by atoms with van der Waals surface area (Å²) in [5.74, 6) is 2.26. The van der Waals surface area contributed by atoms with Crippen LogP contribution in [-0.2, 0) is 0 Å². The van der Waals surface area contributed by atoms with Crippen LogP contribution in [0.5, 0.6) is 5.75 Å². The van der Waals surface area contributed by atoms with E-state index in [-0.39, 0.29) is 0 Å². The van der Waals surface area contributed by atoms with Crippen molar-refractivity contribution >= 4 is 11.6 Å². The Labute approximate surface area is 108 Å². The lowest BCUT2D eigenvalue weighted by molar-refractivity contribution is 0.397. The van der Waals surface area contributed by atoms with E-state index in [1.165, 1.54) is 18.4 Å². The van der Waals surface area contributed by atoms with E-state index in [0.717, 1.165) is 35.2 Å². The lowest BCUT2D eigenvalue weighted by Crippen LogP contribution is -2.11. The molecule has 0 amide bonds. The van der Waals surface area contributed by atoms with Gasteiger partial charge in [0.1, 0.15) is 5.75 Å². The topological polar surface area (TPSA) is 35.2 Å². The maximum atomic E-state index is 6.16. The zero-order chi connectivity index (χ0) is 12.4. The molecule has 1 aromatic carbocycles. The van der Waals surface area contributed by atoms with Gasteiger partial charge in [-0.15, -0.1) is 0 Å². The van der Waals surface area contributed by atoms with E-state index in [9.17, 15) is 0 Å². The van der Waals surface area contributed by atoms with Crippen LogP contribution in [0.25, 0.3) is 0 Å². The first-order valence-electron chi connectivity index (χ1n) is 6.21. The molecule has 0 radical (unpaired) electrons. The van der Waals surface area contributed by atoms with Crippen molar-refractivity contribution in [2.75, 3.05) is 13.7 Å². The third-order valence-corrected chi connectivity index (χ3v) is 3.76. The SMILES string of the molecule is COc1c(C)cc(Cl)cc1C(CCN)C1CC1. The van der Waals surface area contributed by atoms with Gasteiger partial charge in [0.15, 0.2) is 0 Å². The molecule has 2 rings (SSSR count). The molecule has 0 aliphatic heterocycles. The highest BCUT2D eigenvalue weighted by Gasteiger charge is 2.33. The van der Waals surface area contributed by atoms with Crippen LogP contribution in [0.1, 0.15) is 36.3 Å². The quantitative estimate of drug-likeness (QED) is 0.872. The Morgan fingerprint density at radius 1 is 1.47 bits per heavy atom. The number of benzene rings is 1. The molecule has 1 unspecified atom stereocenters. The Morgan fingerprint density at radius 2 is 2.18 bits per heavy atom. The van der Waals surface area contributed by atoms with Crippen LogP contribution in [0.3, 0.4) is 0 Å². The van der Waals surface area contributed by atoms with Crippen LogP contribution < -0.4 is 10.5 Å². The number of ether oxygens (including phenoxy) is 1. The van der Waals surface area contributed by atoms with Gasteiger partial charge in [0.2, 0.25) is 0 Å². The molecule has 1 fully saturated rings. The smallest absolute Gasteiger partial charge is 0.125 e. The molecule has 0 spiro atoms. The van der Waals surface area contributed by atoms with E-state index in [0.29, 0.717) is 5.92 Å². The number of aryl methyl sites for hydroxylation is 1. The molecule has 17 heavy (non-hydrogen) atoms. The first-order chi connectivity index (χ1) is 8.17. The first-order valence-corrected chi connectivity index (χ1v) is 6.59. The molecule has 1 saturated carbocycles. The summed E-state index contributed by atoms with van der Waals surface area (Å²) < 4.78 is 5.54. The number of rotatable bonds is 5. The zero-order valence-corrected chi connectivity index (χ0v) is 11.3. The standard InChI is InChI=1S/C14H20ClNO/c1-9-7-11(15)8-13(14(9)17-2)12(5-6-16)10-3-4-10/h7-8,10,12H,3-6,16H2,1-2H3. The van der Waals surface area contributed by atoms with E-state index in [2.05, 4.69) is 0 Å². The van der Waals surface area contributed by atoms with Gasteiger partial charge in [0, 0.05) is 5.02 Å². The Balaban J connectivity index is 2.39. The van der Waals surface area contributed by atoms with Gasteiger partial charge in [-0.2, -0.15) is 0 Å². The van der Waals surface area contributed by atoms with E-state index in [1.54, 1.807) is 7.11 Å². The highest BCUT2D eigenvalue weighted by molar-refractivity contribution is 6.30. The van der Waals surface area contributed by atoms with Crippen molar-refractivity contribution in [1.29, 1.82) is 0 Å². The monoisotopic (exact) mass is 253 g/mol. The summed E-state index contributed by atoms with van der Waals surface area (Å²) in [7, 11) is 1.73. The summed E-state index contributed by atoms with van der Waals surface area (Å²) in [4.78, 5) is 0. The second-order valence-electron chi connectivity index (χ2n) is 4.87. The van der Waals surface area contributed by atoms with Gasteiger partial charge >= 0.3 is 0 Å². The van der Waals surface area contributed by atoms with E-state index in [4.69, 9.17) is 22.1 Å². The maximum absolute atomic E-state index is 6.16. The van der Waals surface area contributed by atoms with Crippen LogP contribution in [0.15, 0.2) is 12.1 Å². The summed E-state index contributed by atoms with van der Waals surface area (Å²) in [5.41, 5.74) is 8.08. The number of methoxy groups -OCH3 is 1. The predicted molar refractivity (Wildman–Crippen MR) is 71.9 cm³/mol. The largest absolute Gasteiger partial charge is 0.496 e. The third kappa shape index (κ3) is 2.75. The van der Waals surface area contributed by atoms with Gasteiger partial charge in [0.25, 0.3) is 0 Å². The average molecular weight is 254 g/mol. The second-order valence-corrected chi connectivity index (χ2v) is 5.30. The summed E-state index contributed by atoms with van der Waals surface area (Å²) in [6, 6.07) is 4.00. The minimum absolute atomic E-state index is 0.507. The van der Waals surface area contributed by atoms with Crippen molar-refractivity contribution in [3.63, 3.8) is 0 Å². The third-order valence-electron chi connectivity index (χ3n) is 3.54.